The Labute approximate surface area is 172 Å². The molecule has 1 aliphatic heterocycles. The fourth-order valence-electron chi connectivity index (χ4n) is 3.36. The van der Waals surface area contributed by atoms with Crippen LogP contribution in [0.1, 0.15) is 29.5 Å². The first-order valence-electron chi connectivity index (χ1n) is 9.83. The van der Waals surface area contributed by atoms with Crippen LogP contribution in [0.2, 0.25) is 0 Å². The number of aryl methyl sites for hydroxylation is 2. The largest absolute Gasteiger partial charge is 0.376 e. The molecule has 6 nitrogen and oxygen atoms in total. The summed E-state index contributed by atoms with van der Waals surface area (Å²) in [5, 5.41) is 2.82. The number of carbonyl (C=O) groups is 1. The second kappa shape index (κ2) is 8.97. The number of carbonyl (C=O) groups excluding carboxylic acids is 1. The molecule has 0 aromatic heterocycles. The molecule has 2 aromatic carbocycles. The van der Waals surface area contributed by atoms with Crippen LogP contribution in [0.4, 0.5) is 5.69 Å². The number of ether oxygens (including phenoxy) is 1. The summed E-state index contributed by atoms with van der Waals surface area (Å²) in [6, 6.07) is 12.1. The van der Waals surface area contributed by atoms with Crippen molar-refractivity contribution in [2.24, 2.45) is 0 Å². The number of hydrogen-bond acceptors (Lipinski definition) is 4. The molecule has 3 rings (SSSR count). The SMILES string of the molecule is Cc1ccc(S(=O)(=O)N(CC(=O)NC[C@H]2CCCO2)c2cccc(C)c2C)cc1. The molecule has 156 valence electrons. The maximum Gasteiger partial charge on any atom is 0.264 e. The number of nitrogens with zero attached hydrogens (tertiary/aromatic N) is 1. The molecule has 1 heterocycles. The van der Waals surface area contributed by atoms with Crippen LogP contribution in [0.5, 0.6) is 0 Å². The molecule has 29 heavy (non-hydrogen) atoms. The molecule has 1 N–H and O–H groups in total. The lowest BCUT2D eigenvalue weighted by molar-refractivity contribution is -0.120. The lowest BCUT2D eigenvalue weighted by Crippen LogP contribution is -2.43. The maximum atomic E-state index is 13.4. The molecule has 1 amide bonds. The number of nitrogens with one attached hydrogen (secondary N) is 1. The number of anilines is 1. The first-order valence-corrected chi connectivity index (χ1v) is 11.3. The van der Waals surface area contributed by atoms with Crippen molar-refractivity contribution < 1.29 is 17.9 Å². The number of sulfonamides is 1. The van der Waals surface area contributed by atoms with Crippen molar-refractivity contribution in [3.63, 3.8) is 0 Å². The van der Waals surface area contributed by atoms with E-state index in [-0.39, 0.29) is 23.5 Å². The van der Waals surface area contributed by atoms with Gasteiger partial charge >= 0.3 is 0 Å². The zero-order valence-electron chi connectivity index (χ0n) is 17.1. The van der Waals surface area contributed by atoms with Crippen molar-refractivity contribution in [3.05, 3.63) is 59.2 Å². The van der Waals surface area contributed by atoms with Crippen molar-refractivity contribution >= 4 is 21.6 Å². The topological polar surface area (TPSA) is 75.7 Å². The highest BCUT2D eigenvalue weighted by Gasteiger charge is 2.29. The van der Waals surface area contributed by atoms with Crippen molar-refractivity contribution in [2.75, 3.05) is 24.0 Å². The monoisotopic (exact) mass is 416 g/mol. The summed E-state index contributed by atoms with van der Waals surface area (Å²) in [6.07, 6.45) is 1.89. The molecule has 0 unspecified atom stereocenters. The van der Waals surface area contributed by atoms with E-state index in [2.05, 4.69) is 5.32 Å². The Morgan fingerprint density at radius 1 is 1.14 bits per heavy atom. The smallest absolute Gasteiger partial charge is 0.264 e. The molecule has 1 saturated heterocycles. The van der Waals surface area contributed by atoms with Crippen LogP contribution in [-0.2, 0) is 19.6 Å². The molecule has 1 fully saturated rings. The molecular formula is C22H28N2O4S. The van der Waals surface area contributed by atoms with E-state index in [0.717, 1.165) is 29.5 Å². The van der Waals surface area contributed by atoms with Gasteiger partial charge < -0.3 is 10.1 Å². The van der Waals surface area contributed by atoms with Gasteiger partial charge in [-0.1, -0.05) is 29.8 Å². The van der Waals surface area contributed by atoms with E-state index in [1.54, 1.807) is 36.4 Å². The molecule has 1 aliphatic rings. The standard InChI is InChI=1S/C22H28N2O4S/c1-16-9-11-20(12-10-16)29(26,27)24(21-8-4-6-17(2)18(21)3)15-22(25)23-14-19-7-5-13-28-19/h4,6,8-12,19H,5,7,13-15H2,1-3H3,(H,23,25)/t19-/m1/s1. The van der Waals surface area contributed by atoms with Gasteiger partial charge in [-0.15, -0.1) is 0 Å². The molecule has 0 spiro atoms. The van der Waals surface area contributed by atoms with Crippen LogP contribution >= 0.6 is 0 Å². The zero-order chi connectivity index (χ0) is 21.0. The van der Waals surface area contributed by atoms with Gasteiger partial charge in [-0.3, -0.25) is 9.10 Å². The fourth-order valence-corrected chi connectivity index (χ4v) is 4.84. The average Bonchev–Trinajstić information content (AvgIpc) is 3.21. The normalized spacial score (nSPS) is 16.6. The summed E-state index contributed by atoms with van der Waals surface area (Å²) in [6.45, 7) is 6.51. The Balaban J connectivity index is 1.90. The summed E-state index contributed by atoms with van der Waals surface area (Å²) in [7, 11) is -3.90. The van der Waals surface area contributed by atoms with E-state index in [4.69, 9.17) is 4.74 Å². The molecule has 0 aliphatic carbocycles. The van der Waals surface area contributed by atoms with Gasteiger partial charge in [0.25, 0.3) is 10.0 Å². The molecule has 0 saturated carbocycles. The second-order valence-electron chi connectivity index (χ2n) is 7.48. The Bertz CT molecular complexity index is 965. The molecule has 0 bridgehead atoms. The number of rotatable bonds is 7. The molecule has 2 aromatic rings. The third-order valence-electron chi connectivity index (χ3n) is 5.29. The minimum atomic E-state index is -3.90. The van der Waals surface area contributed by atoms with Gasteiger partial charge in [0, 0.05) is 13.2 Å². The Hall–Kier alpha value is -2.38. The third-order valence-corrected chi connectivity index (χ3v) is 7.07. The first kappa shape index (κ1) is 21.3. The average molecular weight is 417 g/mol. The van der Waals surface area contributed by atoms with Crippen LogP contribution in [0.15, 0.2) is 47.4 Å². The lowest BCUT2D eigenvalue weighted by Gasteiger charge is -2.26. The van der Waals surface area contributed by atoms with Gasteiger partial charge in [-0.05, 0) is 62.9 Å². The van der Waals surface area contributed by atoms with Crippen LogP contribution < -0.4 is 9.62 Å². The molecule has 1 atom stereocenters. The number of amides is 1. The van der Waals surface area contributed by atoms with Crippen molar-refractivity contribution in [1.82, 2.24) is 5.32 Å². The van der Waals surface area contributed by atoms with E-state index in [0.29, 0.717) is 18.8 Å². The van der Waals surface area contributed by atoms with Gasteiger partial charge in [0.15, 0.2) is 0 Å². The van der Waals surface area contributed by atoms with E-state index < -0.39 is 10.0 Å². The predicted octanol–water partition coefficient (Wildman–Crippen LogP) is 3.10. The van der Waals surface area contributed by atoms with Gasteiger partial charge in [-0.2, -0.15) is 0 Å². The van der Waals surface area contributed by atoms with Crippen molar-refractivity contribution in [2.45, 2.75) is 44.6 Å². The number of hydrogen-bond donors (Lipinski definition) is 1. The summed E-state index contributed by atoms with van der Waals surface area (Å²) in [5.41, 5.74) is 3.27. The predicted molar refractivity (Wildman–Crippen MR) is 114 cm³/mol. The summed E-state index contributed by atoms with van der Waals surface area (Å²) in [5.74, 6) is -0.350. The van der Waals surface area contributed by atoms with E-state index in [1.807, 2.05) is 26.8 Å². The van der Waals surface area contributed by atoms with Gasteiger partial charge in [0.1, 0.15) is 6.54 Å². The van der Waals surface area contributed by atoms with E-state index >= 15 is 0 Å². The van der Waals surface area contributed by atoms with Gasteiger partial charge in [0.05, 0.1) is 16.7 Å². The minimum Gasteiger partial charge on any atom is -0.376 e. The van der Waals surface area contributed by atoms with Crippen molar-refractivity contribution in [1.29, 1.82) is 0 Å². The second-order valence-corrected chi connectivity index (χ2v) is 9.35. The Morgan fingerprint density at radius 3 is 2.52 bits per heavy atom. The van der Waals surface area contributed by atoms with Gasteiger partial charge in [0.2, 0.25) is 5.91 Å². The summed E-state index contributed by atoms with van der Waals surface area (Å²) >= 11 is 0. The van der Waals surface area contributed by atoms with Crippen molar-refractivity contribution in [3.8, 4) is 0 Å². The fraction of sp³-hybridized carbons (Fsp3) is 0.409. The maximum absolute atomic E-state index is 13.4. The highest BCUT2D eigenvalue weighted by Crippen LogP contribution is 2.28. The van der Waals surface area contributed by atoms with Crippen LogP contribution in [0.3, 0.4) is 0 Å². The minimum absolute atomic E-state index is 0.00168. The molecular weight excluding hydrogens is 388 g/mol. The van der Waals surface area contributed by atoms with E-state index in [1.165, 1.54) is 4.31 Å². The molecule has 0 radical (unpaired) electrons. The lowest BCUT2D eigenvalue weighted by atomic mass is 10.1. The molecule has 7 heteroatoms. The summed E-state index contributed by atoms with van der Waals surface area (Å²) in [4.78, 5) is 12.8. The zero-order valence-corrected chi connectivity index (χ0v) is 18.0. The highest BCUT2D eigenvalue weighted by molar-refractivity contribution is 7.92. The third kappa shape index (κ3) is 4.97. The Kier molecular flexibility index (Phi) is 6.59. The van der Waals surface area contributed by atoms with E-state index in [9.17, 15) is 13.2 Å². The van der Waals surface area contributed by atoms with Crippen LogP contribution in [0.25, 0.3) is 0 Å². The number of benzene rings is 2. The highest BCUT2D eigenvalue weighted by atomic mass is 32.2. The summed E-state index contributed by atoms with van der Waals surface area (Å²) < 4.78 is 33.6. The quantitative estimate of drug-likeness (QED) is 0.753. The first-order chi connectivity index (χ1) is 13.8. The van der Waals surface area contributed by atoms with Crippen LogP contribution in [0, 0.1) is 20.8 Å². The Morgan fingerprint density at radius 2 is 1.86 bits per heavy atom. The van der Waals surface area contributed by atoms with Gasteiger partial charge in [-0.25, -0.2) is 8.42 Å². The van der Waals surface area contributed by atoms with Crippen LogP contribution in [-0.4, -0.2) is 40.1 Å².